The average Bonchev–Trinajstić information content (AvgIpc) is 0.783. The van der Waals surface area contributed by atoms with Gasteiger partial charge in [-0.1, -0.05) is 236 Å². The van der Waals surface area contributed by atoms with E-state index in [1.807, 2.05) is 100 Å². The first-order valence-corrected chi connectivity index (χ1v) is 47.6. The number of ether oxygens (including phenoxy) is 3. The molecule has 0 aliphatic rings. The highest BCUT2D eigenvalue weighted by Gasteiger charge is 2.21. The van der Waals surface area contributed by atoms with Crippen LogP contribution in [0.4, 0.5) is 85.3 Å². The second-order valence-corrected chi connectivity index (χ2v) is 35.0. The summed E-state index contributed by atoms with van der Waals surface area (Å²) in [6, 6.07) is 146. The van der Waals surface area contributed by atoms with Gasteiger partial charge in [0.2, 0.25) is 0 Å². The molecule has 18 aromatic rings. The summed E-state index contributed by atoms with van der Waals surface area (Å²) in [5, 5.41) is 0. The zero-order valence-electron chi connectivity index (χ0n) is 83.2. The smallest absolute Gasteiger partial charge is 0.127 e. The van der Waals surface area contributed by atoms with E-state index in [1.54, 1.807) is 0 Å². The van der Waals surface area contributed by atoms with Crippen LogP contribution in [0, 0.1) is 90.0 Å². The van der Waals surface area contributed by atoms with Crippen molar-refractivity contribution in [1.29, 1.82) is 0 Å². The third kappa shape index (κ3) is 24.8. The van der Waals surface area contributed by atoms with Gasteiger partial charge < -0.3 is 43.6 Å². The fraction of sp³-hybridized carbons (Fsp3) is 0.156. The molecule has 18 rings (SSSR count). The molecule has 0 aromatic heterocycles. The summed E-state index contributed by atoms with van der Waals surface area (Å²) in [5.41, 5.74) is 40.4. The molecular weight excluding hydrogens is 1670 g/mol. The van der Waals surface area contributed by atoms with E-state index in [4.69, 9.17) is 14.2 Å². The normalized spacial score (nSPS) is 10.6. The van der Waals surface area contributed by atoms with Crippen molar-refractivity contribution in [3.05, 3.63) is 485 Å². The van der Waals surface area contributed by atoms with Crippen LogP contribution in [0.5, 0.6) is 34.5 Å². The molecule has 0 saturated heterocycles. The number of rotatable bonds is 24. The van der Waals surface area contributed by atoms with Crippen LogP contribution in [-0.4, -0.2) is 21.1 Å². The Morgan fingerprint density at radius 1 is 0.139 bits per heavy atom. The van der Waals surface area contributed by atoms with E-state index in [0.717, 1.165) is 108 Å². The molecule has 0 spiro atoms. The van der Waals surface area contributed by atoms with Crippen LogP contribution in [0.1, 0.15) is 100 Å². The number of nitrogens with zero attached hydrogens (tertiary/aromatic N) is 6. The Labute approximate surface area is 815 Å². The Hall–Kier alpha value is -15.8. The van der Waals surface area contributed by atoms with E-state index in [1.165, 1.54) is 117 Å². The Morgan fingerprint density at radius 3 is 0.613 bits per heavy atom. The molecule has 0 aliphatic heterocycles. The molecule has 0 saturated carbocycles. The monoisotopic (exact) mass is 1800 g/mol. The van der Waals surface area contributed by atoms with Crippen molar-refractivity contribution in [2.75, 3.05) is 50.5 Å². The molecule has 0 aliphatic carbocycles. The van der Waals surface area contributed by atoms with Crippen molar-refractivity contribution in [3.8, 4) is 67.9 Å². The van der Waals surface area contributed by atoms with Crippen LogP contribution in [0.25, 0.3) is 33.4 Å². The molecule has 0 amide bonds. The van der Waals surface area contributed by atoms with Gasteiger partial charge >= 0.3 is 0 Å². The van der Waals surface area contributed by atoms with Gasteiger partial charge in [0.25, 0.3) is 0 Å². The van der Waals surface area contributed by atoms with Gasteiger partial charge in [0.1, 0.15) is 34.5 Å². The van der Waals surface area contributed by atoms with Crippen molar-refractivity contribution in [3.63, 3.8) is 0 Å². The molecule has 0 fully saturated rings. The summed E-state index contributed by atoms with van der Waals surface area (Å²) in [4.78, 5) is 13.5. The van der Waals surface area contributed by atoms with Crippen LogP contribution in [0.15, 0.2) is 413 Å². The highest BCUT2D eigenvalue weighted by atomic mass is 16.5. The van der Waals surface area contributed by atoms with E-state index in [9.17, 15) is 0 Å². The van der Waals surface area contributed by atoms with Crippen LogP contribution in [-0.2, 0) is 0 Å². The molecule has 137 heavy (non-hydrogen) atoms. The first-order valence-electron chi connectivity index (χ1n) is 47.6. The Balaban J connectivity index is 0.000000161. The molecule has 0 bridgehead atoms. The Morgan fingerprint density at radius 2 is 0.328 bits per heavy atom. The molecule has 9 heteroatoms. The maximum atomic E-state index is 6.28. The second kappa shape index (κ2) is 45.7. The minimum atomic E-state index is 0.793. The predicted octanol–water partition coefficient (Wildman–Crippen LogP) is 37.2. The molecule has 0 N–H and O–H groups in total. The summed E-state index contributed by atoms with van der Waals surface area (Å²) in [6.07, 6.45) is 0. The maximum absolute atomic E-state index is 6.28. The van der Waals surface area contributed by atoms with Crippen LogP contribution in [0.2, 0.25) is 0 Å². The zero-order valence-corrected chi connectivity index (χ0v) is 83.2. The van der Waals surface area contributed by atoms with Crippen LogP contribution in [0.3, 0.4) is 0 Å². The van der Waals surface area contributed by atoms with Gasteiger partial charge in [-0.05, 0) is 399 Å². The van der Waals surface area contributed by atoms with Crippen molar-refractivity contribution < 1.29 is 14.2 Å². The predicted molar refractivity (Wildman–Crippen MR) is 587 cm³/mol. The summed E-state index contributed by atoms with van der Waals surface area (Å²) in [5.74, 6) is 4.79. The van der Waals surface area contributed by atoms with Crippen LogP contribution < -0.4 is 43.6 Å². The number of aryl methyl sites for hydroxylation is 13. The van der Waals surface area contributed by atoms with E-state index in [-0.39, 0.29) is 0 Å². The lowest BCUT2D eigenvalue weighted by Crippen LogP contribution is -2.11. The second-order valence-electron chi connectivity index (χ2n) is 35.0. The SMILES string of the molecule is CC.CC.Cc1ccc(-c2ccc(N(c3ccc(C)cc3)c3ccc(Oc4ccc(N(C)c5ccc(C)cc5)cc4)cc3)cc2)cc1.Cc1ccc(-c2ccc(N(c3ccc(Oc4ccc(N(C)c5ccc(C)c(C)c5)cc4)cc3)c3ccc(C)c(C)c3)cc2)cc1.Cc1ccc(-c2ccc(N(c3ccc(Oc4ccc(N(C)c5ccc(C)cc5C)cc4)cc3)c3ccc(C)cc3C)cc2)cc1. The van der Waals surface area contributed by atoms with Gasteiger partial charge in [0.05, 0.1) is 0 Å². The van der Waals surface area contributed by atoms with Crippen molar-refractivity contribution in [1.82, 2.24) is 0 Å². The number of hydrogen-bond donors (Lipinski definition) is 0. The lowest BCUT2D eigenvalue weighted by molar-refractivity contribution is 0.482. The van der Waals surface area contributed by atoms with Gasteiger partial charge in [-0.25, -0.2) is 0 Å². The lowest BCUT2D eigenvalue weighted by atomic mass is 10.0. The highest BCUT2D eigenvalue weighted by molar-refractivity contribution is 5.84. The van der Waals surface area contributed by atoms with E-state index in [2.05, 4.69) is 480 Å². The minimum absolute atomic E-state index is 0.793. The van der Waals surface area contributed by atoms with Gasteiger partial charge in [0, 0.05) is 106 Å². The quantitative estimate of drug-likeness (QED) is 0.0589. The van der Waals surface area contributed by atoms with Gasteiger partial charge in [-0.2, -0.15) is 0 Å². The van der Waals surface area contributed by atoms with Crippen LogP contribution >= 0.6 is 0 Å². The molecule has 9 nitrogen and oxygen atoms in total. The first-order chi connectivity index (χ1) is 66.4. The standard InChI is InChI=1S/2C42H40N2O.C40H36N2O.2C2H6/c1-29-7-11-34(12-8-29)35-13-15-37(16-14-35)44(42-26-10-31(3)28-33(42)5)38-19-23-40(24-20-38)45-39-21-17-36(18-22-39)43(6)41-25-9-30(2)27-32(41)4;1-29-7-11-34(12-8-29)35-13-17-37(18-14-35)44(40-16-10-31(3)33(5)28-40)38-21-25-42(26-22-38)45-41-23-19-36(20-24-41)43(6)39-15-9-30(2)32(4)27-39;1-29-5-11-32(12-6-29)33-13-19-37(20-14-33)42(36-17-9-31(3)10-18-36)38-23-27-40(28-24-38)43-39-25-21-35(22-26-39)41(4)34-15-7-30(2)8-16-34;2*1-2/h2*7-28H,1-6H3;5-28H,1-4H3;2*1-2H3. The van der Waals surface area contributed by atoms with Crippen molar-refractivity contribution in [2.45, 2.75) is 118 Å². The molecule has 0 heterocycles. The van der Waals surface area contributed by atoms with Gasteiger partial charge in [0.15, 0.2) is 0 Å². The van der Waals surface area contributed by atoms with Gasteiger partial charge in [-0.3, -0.25) is 0 Å². The Kier molecular flexibility index (Phi) is 32.4. The third-order valence-electron chi connectivity index (χ3n) is 24.8. The average molecular weight is 1800 g/mol. The van der Waals surface area contributed by atoms with E-state index < -0.39 is 0 Å². The van der Waals surface area contributed by atoms with E-state index >= 15 is 0 Å². The molecule has 688 valence electrons. The molecule has 0 atom stereocenters. The third-order valence-corrected chi connectivity index (χ3v) is 24.8. The first kappa shape index (κ1) is 97.2. The highest BCUT2D eigenvalue weighted by Crippen LogP contribution is 2.44. The summed E-state index contributed by atoms with van der Waals surface area (Å²) >= 11 is 0. The molecule has 0 radical (unpaired) electrons. The summed E-state index contributed by atoms with van der Waals surface area (Å²) < 4.78 is 18.8. The van der Waals surface area contributed by atoms with E-state index in [0.29, 0.717) is 0 Å². The van der Waals surface area contributed by atoms with Crippen molar-refractivity contribution >= 4 is 85.3 Å². The Bertz CT molecular complexity index is 6930. The fourth-order valence-corrected chi connectivity index (χ4v) is 16.5. The summed E-state index contributed by atoms with van der Waals surface area (Å²) in [7, 11) is 6.27. The zero-order chi connectivity index (χ0) is 96.8. The fourth-order valence-electron chi connectivity index (χ4n) is 16.5. The topological polar surface area (TPSA) is 47.1 Å². The molecule has 0 unspecified atom stereocenters. The number of hydrogen-bond acceptors (Lipinski definition) is 9. The maximum Gasteiger partial charge on any atom is 0.127 e. The van der Waals surface area contributed by atoms with Gasteiger partial charge in [-0.15, -0.1) is 0 Å². The lowest BCUT2D eigenvalue weighted by Gasteiger charge is -2.27. The number of anilines is 15. The summed E-state index contributed by atoms with van der Waals surface area (Å²) in [6.45, 7) is 35.8. The molecule has 18 aromatic carbocycles. The molecular formula is C128H128N6O3. The largest absolute Gasteiger partial charge is 0.457 e. The van der Waals surface area contributed by atoms with Crippen molar-refractivity contribution in [2.24, 2.45) is 0 Å². The minimum Gasteiger partial charge on any atom is -0.457 e. The number of benzene rings is 18.